The van der Waals surface area contributed by atoms with Crippen LogP contribution in [0.15, 0.2) is 35.1 Å². The van der Waals surface area contributed by atoms with Crippen molar-refractivity contribution in [1.29, 1.82) is 0 Å². The van der Waals surface area contributed by atoms with Crippen molar-refractivity contribution in [3.05, 3.63) is 62.9 Å². The third-order valence-corrected chi connectivity index (χ3v) is 7.09. The van der Waals surface area contributed by atoms with Crippen molar-refractivity contribution in [1.82, 2.24) is 9.55 Å². The number of benzene rings is 1. The van der Waals surface area contributed by atoms with E-state index in [4.69, 9.17) is 9.72 Å². The lowest BCUT2D eigenvalue weighted by atomic mass is 9.86. The summed E-state index contributed by atoms with van der Waals surface area (Å²) in [6.45, 7) is 4.25. The molecule has 1 aromatic carbocycles. The molecule has 2 aromatic heterocycles. The Kier molecular flexibility index (Phi) is 4.41. The molecule has 6 nitrogen and oxygen atoms in total. The molecule has 5 rings (SSSR count). The van der Waals surface area contributed by atoms with Gasteiger partial charge in [-0.1, -0.05) is 37.7 Å². The van der Waals surface area contributed by atoms with Crippen LogP contribution in [0.4, 0.5) is 0 Å². The minimum absolute atomic E-state index is 0.106. The summed E-state index contributed by atoms with van der Waals surface area (Å²) >= 11 is 0. The molecular formula is C23H22N2O4Si. The Hall–Kier alpha value is -2.77. The molecule has 2 radical (unpaired) electrons. The first-order valence-corrected chi connectivity index (χ1v) is 11.9. The van der Waals surface area contributed by atoms with E-state index in [0.717, 1.165) is 44.1 Å². The number of aromatic nitrogens is 2. The number of carbonyl (C=O) groups excluding carboxylic acids is 1. The first kappa shape index (κ1) is 19.2. The molecule has 7 heteroatoms. The van der Waals surface area contributed by atoms with Crippen molar-refractivity contribution in [2.24, 2.45) is 0 Å². The molecule has 30 heavy (non-hydrogen) atoms. The van der Waals surface area contributed by atoms with Gasteiger partial charge in [0, 0.05) is 26.0 Å². The van der Waals surface area contributed by atoms with E-state index in [-0.39, 0.29) is 18.6 Å². The third-order valence-electron chi connectivity index (χ3n) is 6.34. The molecule has 4 heterocycles. The highest BCUT2D eigenvalue weighted by Gasteiger charge is 2.45. The van der Waals surface area contributed by atoms with Gasteiger partial charge in [0.25, 0.3) is 5.56 Å². The van der Waals surface area contributed by atoms with E-state index in [1.807, 2.05) is 18.2 Å². The first-order chi connectivity index (χ1) is 14.5. The van der Waals surface area contributed by atoms with E-state index in [0.29, 0.717) is 23.4 Å². The van der Waals surface area contributed by atoms with Crippen molar-refractivity contribution < 1.29 is 14.6 Å². The molecule has 0 saturated heterocycles. The number of hydrogen-bond donors (Lipinski definition) is 1. The Morgan fingerprint density at radius 1 is 1.27 bits per heavy atom. The number of aliphatic hydroxyl groups is 1. The Morgan fingerprint density at radius 2 is 2.07 bits per heavy atom. The smallest absolute Gasteiger partial charge is 0.343 e. The second kappa shape index (κ2) is 6.89. The second-order valence-electron chi connectivity index (χ2n) is 7.89. The van der Waals surface area contributed by atoms with E-state index in [1.54, 1.807) is 17.6 Å². The molecule has 0 aliphatic carbocycles. The van der Waals surface area contributed by atoms with Crippen LogP contribution in [0.25, 0.3) is 22.3 Å². The Morgan fingerprint density at radius 3 is 2.83 bits per heavy atom. The van der Waals surface area contributed by atoms with Crippen LogP contribution in [-0.2, 0) is 34.7 Å². The summed E-state index contributed by atoms with van der Waals surface area (Å²) < 4.78 is 6.86. The second-order valence-corrected chi connectivity index (χ2v) is 9.10. The minimum Gasteiger partial charge on any atom is -0.458 e. The molecule has 0 unspecified atom stereocenters. The van der Waals surface area contributed by atoms with Gasteiger partial charge in [-0.15, -0.1) is 0 Å². The van der Waals surface area contributed by atoms with Gasteiger partial charge in [0.05, 0.1) is 29.0 Å². The summed E-state index contributed by atoms with van der Waals surface area (Å²) in [5.41, 5.74) is 3.36. The van der Waals surface area contributed by atoms with Gasteiger partial charge in [0.1, 0.15) is 6.61 Å². The Balaban J connectivity index is 1.80. The lowest BCUT2D eigenvalue weighted by Gasteiger charge is -2.31. The van der Waals surface area contributed by atoms with Crippen molar-refractivity contribution in [2.75, 3.05) is 0 Å². The van der Waals surface area contributed by atoms with Crippen LogP contribution >= 0.6 is 0 Å². The van der Waals surface area contributed by atoms with Gasteiger partial charge in [0.2, 0.25) is 0 Å². The summed E-state index contributed by atoms with van der Waals surface area (Å²) in [4.78, 5) is 30.5. The lowest BCUT2D eigenvalue weighted by molar-refractivity contribution is -0.172. The van der Waals surface area contributed by atoms with Crippen molar-refractivity contribution in [2.45, 2.75) is 51.1 Å². The normalized spacial score (nSPS) is 19.4. The topological polar surface area (TPSA) is 81.4 Å². The largest absolute Gasteiger partial charge is 0.458 e. The molecule has 3 aromatic rings. The van der Waals surface area contributed by atoms with Crippen LogP contribution in [0.5, 0.6) is 0 Å². The van der Waals surface area contributed by atoms with Gasteiger partial charge in [-0.2, -0.15) is 0 Å². The van der Waals surface area contributed by atoms with Gasteiger partial charge >= 0.3 is 5.97 Å². The Bertz CT molecular complexity index is 1270. The number of rotatable bonds is 4. The Labute approximate surface area is 176 Å². The fourth-order valence-corrected chi connectivity index (χ4v) is 5.15. The maximum Gasteiger partial charge on any atom is 0.343 e. The SMILES string of the molecule is CC[C@@]1(O)C(=O)OCc2c1cc1n(c2=O)Cc2c-1nc1ccccc1c2CC[Si]C. The number of hydrogen-bond acceptors (Lipinski definition) is 5. The number of para-hydroxylation sites is 1. The highest BCUT2D eigenvalue weighted by molar-refractivity contribution is 6.33. The van der Waals surface area contributed by atoms with Crippen LogP contribution in [0.3, 0.4) is 0 Å². The zero-order chi connectivity index (χ0) is 21.0. The number of nitrogens with zero attached hydrogens (tertiary/aromatic N) is 2. The molecule has 1 atom stereocenters. The van der Waals surface area contributed by atoms with E-state index in [2.05, 4.69) is 12.6 Å². The summed E-state index contributed by atoms with van der Waals surface area (Å²) in [7, 11) is 0.844. The number of esters is 1. The summed E-state index contributed by atoms with van der Waals surface area (Å²) in [5.74, 6) is -0.698. The number of fused-ring (bicyclic) bond motifs is 5. The molecule has 2 aliphatic heterocycles. The molecule has 0 amide bonds. The van der Waals surface area contributed by atoms with E-state index in [1.165, 1.54) is 5.56 Å². The van der Waals surface area contributed by atoms with Crippen molar-refractivity contribution in [3.63, 3.8) is 0 Å². The molecule has 0 saturated carbocycles. The standard InChI is InChI=1S/C23H22N2O4Si/c1-3-23(28)17-10-19-20-15(11-25(19)21(26)16(17)12-29-22(23)27)13(8-9-30-2)14-6-4-5-7-18(14)24-20/h4-7,10,28H,3,8-9,11-12H2,1-2H3/t23-/m0/s1. The van der Waals surface area contributed by atoms with Crippen LogP contribution in [0.2, 0.25) is 12.6 Å². The number of pyridine rings is 2. The number of aryl methyl sites for hydroxylation is 1. The van der Waals surface area contributed by atoms with Gasteiger partial charge in [-0.05, 0) is 30.5 Å². The molecule has 152 valence electrons. The zero-order valence-electron chi connectivity index (χ0n) is 17.0. The average molecular weight is 419 g/mol. The molecule has 0 spiro atoms. The fourth-order valence-electron chi connectivity index (χ4n) is 4.65. The van der Waals surface area contributed by atoms with Gasteiger partial charge in [-0.25, -0.2) is 9.78 Å². The summed E-state index contributed by atoms with van der Waals surface area (Å²) in [6.07, 6.45) is 1.08. The predicted octanol–water partition coefficient (Wildman–Crippen LogP) is 2.79. The molecule has 0 bridgehead atoms. The summed E-state index contributed by atoms with van der Waals surface area (Å²) in [6, 6.07) is 10.9. The highest BCUT2D eigenvalue weighted by Crippen LogP contribution is 2.40. The molecular weight excluding hydrogens is 396 g/mol. The van der Waals surface area contributed by atoms with Crippen LogP contribution in [-0.4, -0.2) is 30.1 Å². The molecule has 1 N–H and O–H groups in total. The fraction of sp³-hybridized carbons (Fsp3) is 0.348. The van der Waals surface area contributed by atoms with E-state index < -0.39 is 11.6 Å². The van der Waals surface area contributed by atoms with Crippen LogP contribution in [0.1, 0.15) is 35.6 Å². The molecule has 0 fully saturated rings. The average Bonchev–Trinajstić information content (AvgIpc) is 3.13. The lowest BCUT2D eigenvalue weighted by Crippen LogP contribution is -2.44. The predicted molar refractivity (Wildman–Crippen MR) is 115 cm³/mol. The maximum absolute atomic E-state index is 13.3. The minimum atomic E-state index is -1.80. The van der Waals surface area contributed by atoms with Gasteiger partial charge < -0.3 is 14.4 Å². The van der Waals surface area contributed by atoms with Crippen LogP contribution in [0, 0.1) is 0 Å². The molecule has 2 aliphatic rings. The van der Waals surface area contributed by atoms with Crippen molar-refractivity contribution >= 4 is 26.4 Å². The third kappa shape index (κ3) is 2.55. The van der Waals surface area contributed by atoms with Crippen LogP contribution < -0.4 is 5.56 Å². The van der Waals surface area contributed by atoms with Gasteiger partial charge in [-0.3, -0.25) is 4.79 Å². The summed E-state index contributed by atoms with van der Waals surface area (Å²) in [5, 5.41) is 12.1. The van der Waals surface area contributed by atoms with Gasteiger partial charge in [0.15, 0.2) is 5.60 Å². The van der Waals surface area contributed by atoms with Crippen molar-refractivity contribution in [3.8, 4) is 11.4 Å². The van der Waals surface area contributed by atoms with E-state index >= 15 is 0 Å². The quantitative estimate of drug-likeness (QED) is 0.407. The maximum atomic E-state index is 13.3. The monoisotopic (exact) mass is 418 g/mol. The first-order valence-electron chi connectivity index (χ1n) is 10.2. The number of carbonyl (C=O) groups is 1. The van der Waals surface area contributed by atoms with E-state index in [9.17, 15) is 14.7 Å². The number of ether oxygens (including phenoxy) is 1. The zero-order valence-corrected chi connectivity index (χ0v) is 18.0. The highest BCUT2D eigenvalue weighted by atomic mass is 28.2. The number of cyclic esters (lactones) is 1.